The van der Waals surface area contributed by atoms with Crippen molar-refractivity contribution >= 4 is 11.3 Å². The summed E-state index contributed by atoms with van der Waals surface area (Å²) in [6.45, 7) is 0.779. The van der Waals surface area contributed by atoms with Gasteiger partial charge in [-0.2, -0.15) is 0 Å². The molecule has 3 rings (SSSR count). The topological polar surface area (TPSA) is 38.9 Å². The largest absolute Gasteiger partial charge is 0.330 e. The van der Waals surface area contributed by atoms with Crippen molar-refractivity contribution in [2.75, 3.05) is 6.54 Å². The number of rotatable bonds is 2. The van der Waals surface area contributed by atoms with E-state index in [2.05, 4.69) is 0 Å². The van der Waals surface area contributed by atoms with E-state index in [1.807, 2.05) is 11.3 Å². The van der Waals surface area contributed by atoms with Crippen LogP contribution in [0.5, 0.6) is 0 Å². The molecule has 0 radical (unpaired) electrons. The normalized spacial score (nSPS) is 25.9. The quantitative estimate of drug-likeness (QED) is 0.856. The number of thiazole rings is 1. The summed E-state index contributed by atoms with van der Waals surface area (Å²) in [6, 6.07) is 0. The summed E-state index contributed by atoms with van der Waals surface area (Å²) < 4.78 is 0. The fraction of sp³-hybridized carbons (Fsp3) is 0.769. The molecular formula is C13H20N2S. The van der Waals surface area contributed by atoms with Crippen LogP contribution in [0.2, 0.25) is 0 Å². The van der Waals surface area contributed by atoms with Crippen LogP contribution in [-0.4, -0.2) is 11.5 Å². The summed E-state index contributed by atoms with van der Waals surface area (Å²) in [5.74, 6) is 1.33. The van der Waals surface area contributed by atoms with Gasteiger partial charge in [0, 0.05) is 23.3 Å². The Kier molecular flexibility index (Phi) is 2.99. The molecule has 3 heteroatoms. The molecule has 0 spiro atoms. The molecule has 16 heavy (non-hydrogen) atoms. The van der Waals surface area contributed by atoms with Crippen molar-refractivity contribution in [1.82, 2.24) is 4.98 Å². The van der Waals surface area contributed by atoms with Gasteiger partial charge in [-0.3, -0.25) is 0 Å². The van der Waals surface area contributed by atoms with E-state index in [9.17, 15) is 0 Å². The highest BCUT2D eigenvalue weighted by Crippen LogP contribution is 2.41. The zero-order valence-corrected chi connectivity index (χ0v) is 10.6. The molecule has 0 aliphatic heterocycles. The van der Waals surface area contributed by atoms with Gasteiger partial charge in [0.05, 0.1) is 10.7 Å². The van der Waals surface area contributed by atoms with E-state index >= 15 is 0 Å². The van der Waals surface area contributed by atoms with Crippen LogP contribution in [0.1, 0.15) is 65.9 Å². The molecule has 2 nitrogen and oxygen atoms in total. The molecule has 1 unspecified atom stereocenters. The van der Waals surface area contributed by atoms with Gasteiger partial charge in [0.25, 0.3) is 0 Å². The number of hydrogen-bond acceptors (Lipinski definition) is 3. The Balaban J connectivity index is 1.82. The van der Waals surface area contributed by atoms with Crippen LogP contribution < -0.4 is 5.73 Å². The monoisotopic (exact) mass is 236 g/mol. The van der Waals surface area contributed by atoms with E-state index < -0.39 is 0 Å². The van der Waals surface area contributed by atoms with Gasteiger partial charge in [-0.1, -0.05) is 19.3 Å². The van der Waals surface area contributed by atoms with Crippen LogP contribution in [-0.2, 0) is 6.42 Å². The molecule has 0 amide bonds. The number of aromatic nitrogens is 1. The van der Waals surface area contributed by atoms with Crippen LogP contribution in [0.4, 0.5) is 0 Å². The first-order chi connectivity index (χ1) is 7.88. The predicted octanol–water partition coefficient (Wildman–Crippen LogP) is 3.18. The van der Waals surface area contributed by atoms with Gasteiger partial charge in [0.15, 0.2) is 0 Å². The minimum atomic E-state index is 0.559. The van der Waals surface area contributed by atoms with Gasteiger partial charge in [-0.15, -0.1) is 11.3 Å². The van der Waals surface area contributed by atoms with Crippen LogP contribution in [0.25, 0.3) is 0 Å². The van der Waals surface area contributed by atoms with Crippen molar-refractivity contribution in [3.05, 3.63) is 15.6 Å². The fourth-order valence-electron chi connectivity index (χ4n) is 3.08. The summed E-state index contributed by atoms with van der Waals surface area (Å²) in [4.78, 5) is 6.44. The van der Waals surface area contributed by atoms with Crippen molar-refractivity contribution in [3.63, 3.8) is 0 Å². The second-order valence-corrected chi connectivity index (χ2v) is 6.28. The van der Waals surface area contributed by atoms with Crippen LogP contribution in [0.15, 0.2) is 0 Å². The highest BCUT2D eigenvalue weighted by molar-refractivity contribution is 7.11. The molecule has 0 aromatic carbocycles. The maximum Gasteiger partial charge on any atom is 0.0962 e. The molecule has 0 saturated heterocycles. The Morgan fingerprint density at radius 3 is 2.75 bits per heavy atom. The molecular weight excluding hydrogens is 216 g/mol. The summed E-state index contributed by atoms with van der Waals surface area (Å²) in [7, 11) is 0. The lowest BCUT2D eigenvalue weighted by Crippen LogP contribution is -2.11. The molecule has 1 heterocycles. The molecule has 0 bridgehead atoms. The lowest BCUT2D eigenvalue weighted by Gasteiger charge is -2.19. The van der Waals surface area contributed by atoms with E-state index in [-0.39, 0.29) is 0 Å². The summed E-state index contributed by atoms with van der Waals surface area (Å²) in [6.07, 6.45) is 9.40. The molecule has 2 N–H and O–H groups in total. The lowest BCUT2D eigenvalue weighted by molar-refractivity contribution is 0.441. The van der Waals surface area contributed by atoms with Crippen molar-refractivity contribution in [1.29, 1.82) is 0 Å². The molecule has 1 atom stereocenters. The predicted molar refractivity (Wildman–Crippen MR) is 68.1 cm³/mol. The van der Waals surface area contributed by atoms with Gasteiger partial charge in [-0.25, -0.2) is 4.98 Å². The van der Waals surface area contributed by atoms with Crippen LogP contribution >= 0.6 is 11.3 Å². The minimum absolute atomic E-state index is 0.559. The van der Waals surface area contributed by atoms with Gasteiger partial charge in [-0.05, 0) is 25.7 Å². The summed E-state index contributed by atoms with van der Waals surface area (Å²) in [5.41, 5.74) is 7.16. The van der Waals surface area contributed by atoms with Crippen molar-refractivity contribution in [2.45, 2.75) is 56.8 Å². The maximum atomic E-state index is 5.80. The molecule has 1 aromatic heterocycles. The highest BCUT2D eigenvalue weighted by Gasteiger charge is 2.28. The molecule has 2 aliphatic carbocycles. The molecule has 1 aromatic rings. The first-order valence-corrected chi connectivity index (χ1v) is 7.39. The molecule has 2 aliphatic rings. The number of aryl methyl sites for hydroxylation is 1. The third-order valence-corrected chi connectivity index (χ3v) is 5.38. The van der Waals surface area contributed by atoms with Crippen molar-refractivity contribution < 1.29 is 0 Å². The van der Waals surface area contributed by atoms with E-state index in [1.54, 1.807) is 0 Å². The van der Waals surface area contributed by atoms with Crippen molar-refractivity contribution in [2.24, 2.45) is 5.73 Å². The Morgan fingerprint density at radius 1 is 1.19 bits per heavy atom. The Morgan fingerprint density at radius 2 is 2.00 bits per heavy atom. The first-order valence-electron chi connectivity index (χ1n) is 6.58. The minimum Gasteiger partial charge on any atom is -0.330 e. The van der Waals surface area contributed by atoms with Gasteiger partial charge >= 0.3 is 0 Å². The number of hydrogen-bond donors (Lipinski definition) is 1. The molecule has 88 valence electrons. The lowest BCUT2D eigenvalue weighted by atomic mass is 9.90. The first kappa shape index (κ1) is 10.7. The third kappa shape index (κ3) is 1.80. The zero-order valence-electron chi connectivity index (χ0n) is 9.74. The number of nitrogens with two attached hydrogens (primary N) is 1. The second kappa shape index (κ2) is 4.46. The van der Waals surface area contributed by atoms with E-state index in [0.29, 0.717) is 5.92 Å². The smallest absolute Gasteiger partial charge is 0.0962 e. The average molecular weight is 236 g/mol. The van der Waals surface area contributed by atoms with E-state index in [0.717, 1.165) is 12.5 Å². The van der Waals surface area contributed by atoms with Crippen molar-refractivity contribution in [3.8, 4) is 0 Å². The fourth-order valence-corrected chi connectivity index (χ4v) is 4.41. The highest BCUT2D eigenvalue weighted by atomic mass is 32.1. The van der Waals surface area contributed by atoms with Gasteiger partial charge in [0.1, 0.15) is 0 Å². The van der Waals surface area contributed by atoms with Crippen LogP contribution in [0.3, 0.4) is 0 Å². The Bertz CT molecular complexity index is 366. The SMILES string of the molecule is NCC1CCc2sc(C3CCCCC3)nc21. The molecule has 1 fully saturated rings. The zero-order chi connectivity index (χ0) is 11.0. The number of fused-ring (bicyclic) bond motifs is 1. The Hall–Kier alpha value is -0.410. The molecule has 1 saturated carbocycles. The Labute approximate surface area is 101 Å². The van der Waals surface area contributed by atoms with Crippen LogP contribution in [0, 0.1) is 0 Å². The van der Waals surface area contributed by atoms with Gasteiger partial charge in [0.2, 0.25) is 0 Å². The summed E-state index contributed by atoms with van der Waals surface area (Å²) in [5, 5.41) is 1.42. The van der Waals surface area contributed by atoms with E-state index in [1.165, 1.54) is 60.5 Å². The second-order valence-electron chi connectivity index (χ2n) is 5.17. The summed E-state index contributed by atoms with van der Waals surface area (Å²) >= 11 is 1.98. The average Bonchev–Trinajstić information content (AvgIpc) is 2.89. The van der Waals surface area contributed by atoms with E-state index in [4.69, 9.17) is 10.7 Å². The third-order valence-electron chi connectivity index (χ3n) is 4.09. The maximum absolute atomic E-state index is 5.80. The standard InChI is InChI=1S/C13H20N2S/c14-8-10-6-7-11-12(10)15-13(16-11)9-4-2-1-3-5-9/h9-10H,1-8,14H2. The van der Waals surface area contributed by atoms with Gasteiger partial charge < -0.3 is 5.73 Å². The number of nitrogens with zero attached hydrogens (tertiary/aromatic N) is 1.